The van der Waals surface area contributed by atoms with Crippen molar-refractivity contribution in [2.45, 2.75) is 26.5 Å². The summed E-state index contributed by atoms with van der Waals surface area (Å²) in [7, 11) is 0. The predicted molar refractivity (Wildman–Crippen MR) is 123 cm³/mol. The number of rotatable bonds is 7. The van der Waals surface area contributed by atoms with E-state index in [9.17, 15) is 4.79 Å². The van der Waals surface area contributed by atoms with Gasteiger partial charge in [-0.3, -0.25) is 4.79 Å². The lowest BCUT2D eigenvalue weighted by molar-refractivity contribution is -0.139. The van der Waals surface area contributed by atoms with Crippen LogP contribution in [-0.2, 0) is 16.1 Å². The Morgan fingerprint density at radius 2 is 1.91 bits per heavy atom. The highest BCUT2D eigenvalue weighted by Crippen LogP contribution is 2.24. The molecule has 4 rings (SSSR count). The van der Waals surface area contributed by atoms with Crippen molar-refractivity contribution in [3.63, 3.8) is 0 Å². The summed E-state index contributed by atoms with van der Waals surface area (Å²) in [5, 5.41) is 0. The molecule has 0 spiro atoms. The number of nitrogens with zero attached hydrogens (tertiary/aromatic N) is 4. The smallest absolute Gasteiger partial charge is 0.248 e. The fraction of sp³-hybridized carbons (Fsp3) is 0.320. The van der Waals surface area contributed by atoms with Crippen molar-refractivity contribution in [3.05, 3.63) is 78.1 Å². The van der Waals surface area contributed by atoms with E-state index in [1.165, 1.54) is 6.33 Å². The molecule has 3 aromatic rings. The van der Waals surface area contributed by atoms with Gasteiger partial charge in [-0.2, -0.15) is 0 Å². The van der Waals surface area contributed by atoms with Crippen LogP contribution in [-0.4, -0.2) is 53.1 Å². The molecule has 1 fully saturated rings. The number of aryl methyl sites for hydroxylation is 1. The van der Waals surface area contributed by atoms with Crippen molar-refractivity contribution < 1.29 is 14.3 Å². The third kappa shape index (κ3) is 5.62. The van der Waals surface area contributed by atoms with Crippen molar-refractivity contribution >= 4 is 11.7 Å². The minimum atomic E-state index is 0.0132. The molecule has 0 saturated carbocycles. The largest absolute Gasteiger partial charge is 0.439 e. The first-order valence-corrected chi connectivity index (χ1v) is 10.8. The van der Waals surface area contributed by atoms with Crippen molar-refractivity contribution in [1.29, 1.82) is 0 Å². The standard InChI is InChI=1S/C25H28N4O3/c1-19-7-6-10-22(13-19)32-24-14-23(26-18-27-24)28-11-12-29(20(2)15-28)25(30)17-31-16-21-8-4-3-5-9-21/h3-10,13-14,18,20H,11-12,15-17H2,1-2H3/t20-/m0/s1. The molecule has 1 saturated heterocycles. The van der Waals surface area contributed by atoms with Crippen LogP contribution < -0.4 is 9.64 Å². The maximum absolute atomic E-state index is 12.7. The summed E-state index contributed by atoms with van der Waals surface area (Å²) >= 11 is 0. The van der Waals surface area contributed by atoms with Crippen LogP contribution in [0.3, 0.4) is 0 Å². The van der Waals surface area contributed by atoms with Gasteiger partial charge in [-0.05, 0) is 37.1 Å². The first-order chi connectivity index (χ1) is 15.6. The van der Waals surface area contributed by atoms with Crippen molar-refractivity contribution in [2.24, 2.45) is 0 Å². The molecule has 1 aliphatic rings. The van der Waals surface area contributed by atoms with Crippen molar-refractivity contribution in [2.75, 3.05) is 31.1 Å². The van der Waals surface area contributed by atoms with E-state index < -0.39 is 0 Å². The molecule has 0 aliphatic carbocycles. The third-order valence-corrected chi connectivity index (χ3v) is 5.45. The summed E-state index contributed by atoms with van der Waals surface area (Å²) in [4.78, 5) is 25.4. The van der Waals surface area contributed by atoms with Gasteiger partial charge in [-0.1, -0.05) is 42.5 Å². The Bertz CT molecular complexity index is 1040. The lowest BCUT2D eigenvalue weighted by Crippen LogP contribution is -2.55. The zero-order valence-corrected chi connectivity index (χ0v) is 18.5. The van der Waals surface area contributed by atoms with Crippen LogP contribution in [0.1, 0.15) is 18.1 Å². The number of hydrogen-bond acceptors (Lipinski definition) is 6. The summed E-state index contributed by atoms with van der Waals surface area (Å²) < 4.78 is 11.5. The molecule has 2 heterocycles. The third-order valence-electron chi connectivity index (χ3n) is 5.45. The molecular weight excluding hydrogens is 404 g/mol. The van der Waals surface area contributed by atoms with Gasteiger partial charge in [-0.15, -0.1) is 0 Å². The van der Waals surface area contributed by atoms with Gasteiger partial charge in [0.05, 0.1) is 6.61 Å². The van der Waals surface area contributed by atoms with E-state index in [2.05, 4.69) is 14.9 Å². The van der Waals surface area contributed by atoms with Crippen LogP contribution >= 0.6 is 0 Å². The topological polar surface area (TPSA) is 67.8 Å². The first kappa shape index (κ1) is 21.8. The second-order valence-electron chi connectivity index (χ2n) is 7.99. The molecule has 1 amide bonds. The number of hydrogen-bond donors (Lipinski definition) is 0. The molecule has 1 aromatic heterocycles. The molecule has 0 N–H and O–H groups in total. The Hall–Kier alpha value is -3.45. The Morgan fingerprint density at radius 3 is 2.69 bits per heavy atom. The van der Waals surface area contributed by atoms with Gasteiger partial charge >= 0.3 is 0 Å². The second-order valence-corrected chi connectivity index (χ2v) is 7.99. The predicted octanol–water partition coefficient (Wildman–Crippen LogP) is 3.83. The Balaban J connectivity index is 1.31. The normalized spacial score (nSPS) is 16.1. The monoisotopic (exact) mass is 432 g/mol. The highest BCUT2D eigenvalue weighted by atomic mass is 16.5. The van der Waals surface area contributed by atoms with Gasteiger partial charge in [0.2, 0.25) is 11.8 Å². The number of amides is 1. The first-order valence-electron chi connectivity index (χ1n) is 10.8. The van der Waals surface area contributed by atoms with Crippen LogP contribution in [0, 0.1) is 6.92 Å². The number of carbonyl (C=O) groups excluding carboxylic acids is 1. The molecular formula is C25H28N4O3. The summed E-state index contributed by atoms with van der Waals surface area (Å²) in [6, 6.07) is 19.6. The summed E-state index contributed by atoms with van der Waals surface area (Å²) in [5.74, 6) is 2.05. The van der Waals surface area contributed by atoms with Crippen molar-refractivity contribution in [3.8, 4) is 11.6 Å². The van der Waals surface area contributed by atoms with Crippen molar-refractivity contribution in [1.82, 2.24) is 14.9 Å². The summed E-state index contributed by atoms with van der Waals surface area (Å²) in [6.45, 7) is 6.58. The molecule has 7 nitrogen and oxygen atoms in total. The number of aromatic nitrogens is 2. The van der Waals surface area contributed by atoms with Crippen LogP contribution in [0.5, 0.6) is 11.6 Å². The van der Waals surface area contributed by atoms with E-state index in [1.807, 2.05) is 79.4 Å². The second kappa shape index (κ2) is 10.2. The molecule has 1 atom stereocenters. The highest BCUT2D eigenvalue weighted by Gasteiger charge is 2.28. The molecule has 32 heavy (non-hydrogen) atoms. The fourth-order valence-electron chi connectivity index (χ4n) is 3.81. The minimum absolute atomic E-state index is 0.0132. The van der Waals surface area contributed by atoms with E-state index in [0.29, 0.717) is 32.1 Å². The van der Waals surface area contributed by atoms with E-state index >= 15 is 0 Å². The van der Waals surface area contributed by atoms with Crippen LogP contribution in [0.2, 0.25) is 0 Å². The fourth-order valence-corrected chi connectivity index (χ4v) is 3.81. The maximum Gasteiger partial charge on any atom is 0.248 e. The Labute approximate surface area is 188 Å². The van der Waals surface area contributed by atoms with Crippen LogP contribution in [0.15, 0.2) is 67.0 Å². The molecule has 7 heteroatoms. The zero-order chi connectivity index (χ0) is 22.3. The van der Waals surface area contributed by atoms with Gasteiger partial charge in [0.1, 0.15) is 24.5 Å². The van der Waals surface area contributed by atoms with Gasteiger partial charge < -0.3 is 19.3 Å². The quantitative estimate of drug-likeness (QED) is 0.565. The van der Waals surface area contributed by atoms with Crippen LogP contribution in [0.25, 0.3) is 0 Å². The van der Waals surface area contributed by atoms with Gasteiger partial charge in [0.25, 0.3) is 0 Å². The van der Waals surface area contributed by atoms with Gasteiger partial charge in [-0.25, -0.2) is 9.97 Å². The number of piperazine rings is 1. The molecule has 2 aromatic carbocycles. The average molecular weight is 433 g/mol. The lowest BCUT2D eigenvalue weighted by atomic mass is 10.2. The number of ether oxygens (including phenoxy) is 2. The van der Waals surface area contributed by atoms with E-state index in [-0.39, 0.29) is 18.6 Å². The SMILES string of the molecule is Cc1cccc(Oc2cc(N3CCN(C(=O)COCc4ccccc4)[C@@H](C)C3)ncn2)c1. The lowest BCUT2D eigenvalue weighted by Gasteiger charge is -2.40. The Kier molecular flexibility index (Phi) is 6.97. The number of anilines is 1. The number of carbonyl (C=O) groups is 1. The Morgan fingerprint density at radius 1 is 1.06 bits per heavy atom. The van der Waals surface area contributed by atoms with Gasteiger partial charge in [0.15, 0.2) is 0 Å². The van der Waals surface area contributed by atoms with E-state index in [1.54, 1.807) is 0 Å². The average Bonchev–Trinajstić information content (AvgIpc) is 2.80. The molecule has 0 unspecified atom stereocenters. The van der Waals surface area contributed by atoms with Gasteiger partial charge in [0, 0.05) is 31.7 Å². The van der Waals surface area contributed by atoms with Crippen LogP contribution in [0.4, 0.5) is 5.82 Å². The van der Waals surface area contributed by atoms with E-state index in [0.717, 1.165) is 22.7 Å². The molecule has 0 bridgehead atoms. The van der Waals surface area contributed by atoms with E-state index in [4.69, 9.17) is 9.47 Å². The molecule has 0 radical (unpaired) electrons. The highest BCUT2D eigenvalue weighted by molar-refractivity contribution is 5.78. The minimum Gasteiger partial charge on any atom is -0.439 e. The molecule has 1 aliphatic heterocycles. The number of benzene rings is 2. The summed E-state index contributed by atoms with van der Waals surface area (Å²) in [5.41, 5.74) is 2.18. The zero-order valence-electron chi connectivity index (χ0n) is 18.5. The summed E-state index contributed by atoms with van der Waals surface area (Å²) in [6.07, 6.45) is 1.51. The maximum atomic E-state index is 12.7. The molecule has 166 valence electrons.